The van der Waals surface area contributed by atoms with Crippen LogP contribution in [0, 0.1) is 0 Å². The molecule has 0 unspecified atom stereocenters. The number of nitrogens with one attached hydrogen (secondary N) is 1. The second kappa shape index (κ2) is 5.53. The van der Waals surface area contributed by atoms with E-state index in [-0.39, 0.29) is 11.0 Å². The number of thioether (sulfide) groups is 1. The molecule has 0 amide bonds. The lowest BCUT2D eigenvalue weighted by molar-refractivity contribution is -0.116. The number of aromatic nitrogens is 4. The quantitative estimate of drug-likeness (QED) is 0.724. The first-order valence-corrected chi connectivity index (χ1v) is 8.71. The highest BCUT2D eigenvalue weighted by atomic mass is 32.2. The molecule has 0 spiro atoms. The number of benzene rings is 1. The van der Waals surface area contributed by atoms with Crippen molar-refractivity contribution < 1.29 is 4.79 Å². The Bertz CT molecular complexity index is 878. The van der Waals surface area contributed by atoms with Crippen molar-refractivity contribution in [2.75, 3.05) is 0 Å². The number of hydrogen-bond acceptors (Lipinski definition) is 4. The molecule has 6 heteroatoms. The molecule has 2 aromatic heterocycles. The Morgan fingerprint density at radius 3 is 2.87 bits per heavy atom. The highest BCUT2D eigenvalue weighted by Crippen LogP contribution is 2.42. The number of ketones is 1. The summed E-state index contributed by atoms with van der Waals surface area (Å²) in [4.78, 5) is 14.9. The molecule has 1 N–H and O–H groups in total. The summed E-state index contributed by atoms with van der Waals surface area (Å²) in [6.07, 6.45) is 4.29. The van der Waals surface area contributed by atoms with Crippen LogP contribution in [0.5, 0.6) is 0 Å². The Hall–Kier alpha value is -2.08. The van der Waals surface area contributed by atoms with Crippen molar-refractivity contribution in [1.29, 1.82) is 0 Å². The Morgan fingerprint density at radius 2 is 2.13 bits per heavy atom. The zero-order valence-corrected chi connectivity index (χ0v) is 13.9. The molecule has 1 aliphatic carbocycles. The maximum absolute atomic E-state index is 11.6. The number of Topliss-reactive ketones (excluding diaryl/α,β-unsaturated/α-hetero) is 1. The van der Waals surface area contributed by atoms with Gasteiger partial charge in [0.2, 0.25) is 0 Å². The normalized spacial score (nSPS) is 15.9. The number of H-pyrrole nitrogens is 1. The fraction of sp³-hybridized carbons (Fsp3) is 0.353. The largest absolute Gasteiger partial charge is 0.360 e. The van der Waals surface area contributed by atoms with Gasteiger partial charge in [-0.1, -0.05) is 30.0 Å². The summed E-state index contributed by atoms with van der Waals surface area (Å²) in [5.41, 5.74) is 2.17. The second-order valence-corrected chi connectivity index (χ2v) is 7.33. The van der Waals surface area contributed by atoms with E-state index >= 15 is 0 Å². The molecular weight excluding hydrogens is 308 g/mol. The first-order valence-electron chi connectivity index (χ1n) is 7.83. The van der Waals surface area contributed by atoms with Crippen LogP contribution in [0.15, 0.2) is 35.6 Å². The molecule has 3 aromatic rings. The summed E-state index contributed by atoms with van der Waals surface area (Å²) in [7, 11) is 0. The van der Waals surface area contributed by atoms with E-state index in [1.54, 1.807) is 6.92 Å². The van der Waals surface area contributed by atoms with Crippen LogP contribution in [0.25, 0.3) is 22.3 Å². The monoisotopic (exact) mass is 326 g/mol. The van der Waals surface area contributed by atoms with Gasteiger partial charge in [0.15, 0.2) is 11.0 Å². The smallest absolute Gasteiger partial charge is 0.192 e. The third kappa shape index (κ3) is 2.57. The van der Waals surface area contributed by atoms with Gasteiger partial charge in [-0.2, -0.15) is 0 Å². The first kappa shape index (κ1) is 14.5. The topological polar surface area (TPSA) is 63.6 Å². The number of carbonyl (C=O) groups is 1. The van der Waals surface area contributed by atoms with E-state index in [2.05, 4.69) is 31.9 Å². The predicted octanol–water partition coefficient (Wildman–Crippen LogP) is 3.83. The molecule has 1 atom stereocenters. The molecule has 0 aliphatic heterocycles. The van der Waals surface area contributed by atoms with E-state index in [0.717, 1.165) is 40.3 Å². The summed E-state index contributed by atoms with van der Waals surface area (Å²) >= 11 is 1.50. The Labute approximate surface area is 138 Å². The van der Waals surface area contributed by atoms with Crippen LogP contribution in [0.2, 0.25) is 0 Å². The van der Waals surface area contributed by atoms with Crippen LogP contribution in [0.1, 0.15) is 32.7 Å². The van der Waals surface area contributed by atoms with Gasteiger partial charge in [0.05, 0.1) is 5.25 Å². The Balaban J connectivity index is 1.80. The molecule has 0 bridgehead atoms. The maximum atomic E-state index is 11.6. The number of carbonyl (C=O) groups excluding carboxylic acids is 1. The van der Waals surface area contributed by atoms with Gasteiger partial charge in [-0.25, -0.2) is 0 Å². The third-order valence-corrected chi connectivity index (χ3v) is 5.44. The van der Waals surface area contributed by atoms with Gasteiger partial charge in [0.1, 0.15) is 5.78 Å². The zero-order valence-electron chi connectivity index (χ0n) is 13.1. The summed E-state index contributed by atoms with van der Waals surface area (Å²) in [5, 5.41) is 10.7. The number of hydrogen-bond donors (Lipinski definition) is 1. The SMILES string of the molecule is CC(=O)[C@H](C)Sc1nnc(-c2c[nH]c3ccccc23)n1C1CC1. The van der Waals surface area contributed by atoms with Crippen LogP contribution < -0.4 is 0 Å². The van der Waals surface area contributed by atoms with E-state index in [0.29, 0.717) is 6.04 Å². The van der Waals surface area contributed by atoms with E-state index in [1.807, 2.05) is 25.3 Å². The van der Waals surface area contributed by atoms with Gasteiger partial charge in [0.25, 0.3) is 0 Å². The van der Waals surface area contributed by atoms with E-state index in [1.165, 1.54) is 11.8 Å². The summed E-state index contributed by atoms with van der Waals surface area (Å²) in [5.74, 6) is 1.05. The van der Waals surface area contributed by atoms with Crippen LogP contribution >= 0.6 is 11.8 Å². The van der Waals surface area contributed by atoms with Crippen molar-refractivity contribution in [3.05, 3.63) is 30.5 Å². The maximum Gasteiger partial charge on any atom is 0.192 e. The van der Waals surface area contributed by atoms with Crippen molar-refractivity contribution >= 4 is 28.4 Å². The van der Waals surface area contributed by atoms with Crippen molar-refractivity contribution in [3.8, 4) is 11.4 Å². The van der Waals surface area contributed by atoms with Gasteiger partial charge in [-0.05, 0) is 32.8 Å². The number of fused-ring (bicyclic) bond motifs is 1. The molecule has 118 valence electrons. The molecule has 1 saturated carbocycles. The van der Waals surface area contributed by atoms with Gasteiger partial charge < -0.3 is 4.98 Å². The molecule has 0 saturated heterocycles. The molecule has 2 heterocycles. The minimum Gasteiger partial charge on any atom is -0.360 e. The number of para-hydroxylation sites is 1. The van der Waals surface area contributed by atoms with Crippen molar-refractivity contribution in [3.63, 3.8) is 0 Å². The minimum atomic E-state index is -0.104. The van der Waals surface area contributed by atoms with Crippen LogP contribution in [-0.2, 0) is 4.79 Å². The minimum absolute atomic E-state index is 0.104. The first-order chi connectivity index (χ1) is 11.1. The van der Waals surface area contributed by atoms with Crippen LogP contribution in [0.3, 0.4) is 0 Å². The molecule has 0 radical (unpaired) electrons. The molecular formula is C17H18N4OS. The Kier molecular flexibility index (Phi) is 3.49. The van der Waals surface area contributed by atoms with E-state index in [4.69, 9.17) is 0 Å². The van der Waals surface area contributed by atoms with E-state index in [9.17, 15) is 4.79 Å². The second-order valence-electron chi connectivity index (χ2n) is 6.03. The molecule has 1 aromatic carbocycles. The molecule has 23 heavy (non-hydrogen) atoms. The van der Waals surface area contributed by atoms with Gasteiger partial charge in [-0.3, -0.25) is 9.36 Å². The fourth-order valence-corrected chi connectivity index (χ4v) is 3.62. The molecule has 1 aliphatic rings. The average molecular weight is 326 g/mol. The highest BCUT2D eigenvalue weighted by Gasteiger charge is 2.31. The summed E-state index contributed by atoms with van der Waals surface area (Å²) < 4.78 is 2.21. The summed E-state index contributed by atoms with van der Waals surface area (Å²) in [6, 6.07) is 8.66. The summed E-state index contributed by atoms with van der Waals surface area (Å²) in [6.45, 7) is 3.54. The molecule has 1 fully saturated rings. The lowest BCUT2D eigenvalue weighted by atomic mass is 10.1. The predicted molar refractivity (Wildman–Crippen MR) is 91.6 cm³/mol. The third-order valence-electron chi connectivity index (χ3n) is 4.26. The zero-order chi connectivity index (χ0) is 16.0. The van der Waals surface area contributed by atoms with Crippen LogP contribution in [0.4, 0.5) is 0 Å². The number of aromatic amines is 1. The Morgan fingerprint density at radius 1 is 1.35 bits per heavy atom. The van der Waals surface area contributed by atoms with Crippen LogP contribution in [-0.4, -0.2) is 30.8 Å². The highest BCUT2D eigenvalue weighted by molar-refractivity contribution is 8.00. The number of rotatable bonds is 5. The van der Waals surface area contributed by atoms with E-state index < -0.39 is 0 Å². The lowest BCUT2D eigenvalue weighted by Gasteiger charge is -2.10. The van der Waals surface area contributed by atoms with Gasteiger partial charge in [-0.15, -0.1) is 10.2 Å². The number of nitrogens with zero attached hydrogens (tertiary/aromatic N) is 3. The lowest BCUT2D eigenvalue weighted by Crippen LogP contribution is -2.10. The van der Waals surface area contributed by atoms with Crippen molar-refractivity contribution in [1.82, 2.24) is 19.7 Å². The average Bonchev–Trinajstić information content (AvgIpc) is 3.16. The molecule has 5 nitrogen and oxygen atoms in total. The standard InChI is InChI=1S/C17H18N4OS/c1-10(22)11(2)23-17-20-19-16(21(17)12-7-8-12)14-9-18-15-6-4-3-5-13(14)15/h3-6,9,11-12,18H,7-8H2,1-2H3/t11-/m0/s1. The van der Waals surface area contributed by atoms with Gasteiger partial charge in [0, 0.05) is 28.7 Å². The fourth-order valence-electron chi connectivity index (χ4n) is 2.70. The van der Waals surface area contributed by atoms with Crippen molar-refractivity contribution in [2.24, 2.45) is 0 Å². The molecule has 4 rings (SSSR count). The van der Waals surface area contributed by atoms with Gasteiger partial charge >= 0.3 is 0 Å². The van der Waals surface area contributed by atoms with Crippen molar-refractivity contribution in [2.45, 2.75) is 43.1 Å².